The molecule has 0 aromatic heterocycles. The molecule has 1 fully saturated rings. The maximum Gasteiger partial charge on any atom is 0.305 e. The molecule has 2 unspecified atom stereocenters. The molecule has 116 valence electrons. The zero-order valence-corrected chi connectivity index (χ0v) is 11.5. The molecule has 0 aliphatic carbocycles. The molecule has 1 amide bonds. The van der Waals surface area contributed by atoms with Gasteiger partial charge < -0.3 is 15.8 Å². The molecule has 1 saturated heterocycles. The number of primary amides is 1. The van der Waals surface area contributed by atoms with E-state index in [-0.39, 0.29) is 30.9 Å². The van der Waals surface area contributed by atoms with E-state index in [9.17, 15) is 18.4 Å². The summed E-state index contributed by atoms with van der Waals surface area (Å²) in [5, 5.41) is 2.75. The van der Waals surface area contributed by atoms with Crippen LogP contribution in [0.2, 0.25) is 0 Å². The van der Waals surface area contributed by atoms with Crippen LogP contribution >= 0.6 is 0 Å². The molecule has 2 atom stereocenters. The van der Waals surface area contributed by atoms with Gasteiger partial charge in [0.15, 0.2) is 0 Å². The topological polar surface area (TPSA) is 84.7 Å². The van der Waals surface area contributed by atoms with E-state index < -0.39 is 18.9 Å². The second-order valence-electron chi connectivity index (χ2n) is 5.04. The fourth-order valence-corrected chi connectivity index (χ4v) is 2.52. The number of nitrogens with one attached hydrogen (secondary N) is 1. The molecule has 20 heavy (non-hydrogen) atoms. The van der Waals surface area contributed by atoms with Crippen molar-refractivity contribution in [3.05, 3.63) is 0 Å². The molecule has 6 nitrogen and oxygen atoms in total. The first-order valence-corrected chi connectivity index (χ1v) is 6.49. The Hall–Kier alpha value is -1.28. The highest BCUT2D eigenvalue weighted by Gasteiger charge is 2.29. The Balaban J connectivity index is 2.56. The number of likely N-dealkylation sites (tertiary alicyclic amines) is 1. The number of halogens is 2. The van der Waals surface area contributed by atoms with Gasteiger partial charge in [-0.1, -0.05) is 0 Å². The molecular weight excluding hydrogens is 272 g/mol. The second kappa shape index (κ2) is 8.11. The van der Waals surface area contributed by atoms with Crippen LogP contribution in [0.25, 0.3) is 0 Å². The number of carbonyl (C=O) groups excluding carboxylic acids is 2. The van der Waals surface area contributed by atoms with Crippen molar-refractivity contribution in [3.63, 3.8) is 0 Å². The lowest BCUT2D eigenvalue weighted by atomic mass is 9.91. The molecule has 1 rings (SSSR count). The van der Waals surface area contributed by atoms with Gasteiger partial charge in [-0.3, -0.25) is 14.5 Å². The van der Waals surface area contributed by atoms with E-state index in [1.54, 1.807) is 4.90 Å². The van der Waals surface area contributed by atoms with Crippen molar-refractivity contribution < 1.29 is 23.1 Å². The molecule has 1 aliphatic heterocycles. The smallest absolute Gasteiger partial charge is 0.305 e. The molecule has 8 heteroatoms. The summed E-state index contributed by atoms with van der Waals surface area (Å²) in [7, 11) is 1.30. The maximum absolute atomic E-state index is 12.2. The zero-order chi connectivity index (χ0) is 15.1. The predicted molar refractivity (Wildman–Crippen MR) is 68.2 cm³/mol. The number of esters is 1. The first kappa shape index (κ1) is 16.8. The van der Waals surface area contributed by atoms with Gasteiger partial charge in [0.1, 0.15) is 0 Å². The number of carbonyl (C=O) groups is 2. The number of rotatable bonds is 7. The molecular formula is C12H21F2N3O3. The average molecular weight is 293 g/mol. The zero-order valence-electron chi connectivity index (χ0n) is 11.5. The molecule has 0 radical (unpaired) electrons. The summed E-state index contributed by atoms with van der Waals surface area (Å²) in [6, 6.07) is -0.188. The molecule has 0 aromatic carbocycles. The number of hydrogen-bond donors (Lipinski definition) is 2. The van der Waals surface area contributed by atoms with E-state index in [2.05, 4.69) is 10.1 Å². The summed E-state index contributed by atoms with van der Waals surface area (Å²) >= 11 is 0. The number of methoxy groups -OCH3 is 1. The van der Waals surface area contributed by atoms with E-state index in [0.29, 0.717) is 19.5 Å². The standard InChI is InChI=1S/C12H21F2N3O3/c1-20-12(19)3-8-2-9(16-4-10(13)14)6-17(5-8)7-11(15)18/h8-10,16H,2-7H2,1H3,(H2,15,18). The van der Waals surface area contributed by atoms with Crippen LogP contribution in [0.1, 0.15) is 12.8 Å². The van der Waals surface area contributed by atoms with Crippen LogP contribution in [-0.4, -0.2) is 62.5 Å². The Morgan fingerprint density at radius 3 is 2.70 bits per heavy atom. The van der Waals surface area contributed by atoms with E-state index in [0.717, 1.165) is 0 Å². The minimum absolute atomic E-state index is 0.0364. The number of amides is 1. The van der Waals surface area contributed by atoms with E-state index >= 15 is 0 Å². The molecule has 1 heterocycles. The summed E-state index contributed by atoms with van der Waals surface area (Å²) < 4.78 is 29.1. The Bertz CT molecular complexity index is 342. The van der Waals surface area contributed by atoms with Crippen LogP contribution in [-0.2, 0) is 14.3 Å². The minimum Gasteiger partial charge on any atom is -0.469 e. The molecule has 0 aromatic rings. The SMILES string of the molecule is COC(=O)CC1CC(NCC(F)F)CN(CC(N)=O)C1. The Morgan fingerprint density at radius 2 is 2.15 bits per heavy atom. The van der Waals surface area contributed by atoms with E-state index in [1.165, 1.54) is 7.11 Å². The van der Waals surface area contributed by atoms with E-state index in [1.807, 2.05) is 0 Å². The first-order valence-electron chi connectivity index (χ1n) is 6.49. The van der Waals surface area contributed by atoms with Crippen LogP contribution in [0.15, 0.2) is 0 Å². The third-order valence-electron chi connectivity index (χ3n) is 3.24. The van der Waals surface area contributed by atoms with E-state index in [4.69, 9.17) is 5.73 Å². The number of nitrogens with zero attached hydrogens (tertiary/aromatic N) is 1. The van der Waals surface area contributed by atoms with Gasteiger partial charge in [0.2, 0.25) is 5.91 Å². The maximum atomic E-state index is 12.2. The van der Waals surface area contributed by atoms with Gasteiger partial charge in [-0.25, -0.2) is 8.78 Å². The number of nitrogens with two attached hydrogens (primary N) is 1. The van der Waals surface area contributed by atoms with Gasteiger partial charge in [-0.2, -0.15) is 0 Å². The normalized spacial score (nSPS) is 23.8. The van der Waals surface area contributed by atoms with Crippen molar-refractivity contribution in [2.45, 2.75) is 25.3 Å². The Morgan fingerprint density at radius 1 is 1.45 bits per heavy atom. The van der Waals surface area contributed by atoms with Gasteiger partial charge in [0.05, 0.1) is 20.2 Å². The number of alkyl halides is 2. The van der Waals surface area contributed by atoms with Crippen LogP contribution in [0.5, 0.6) is 0 Å². The van der Waals surface area contributed by atoms with Crippen LogP contribution in [0, 0.1) is 5.92 Å². The van der Waals surface area contributed by atoms with Crippen molar-refractivity contribution in [1.82, 2.24) is 10.2 Å². The van der Waals surface area contributed by atoms with Crippen LogP contribution < -0.4 is 11.1 Å². The van der Waals surface area contributed by atoms with Crippen molar-refractivity contribution in [2.75, 3.05) is 33.3 Å². The lowest BCUT2D eigenvalue weighted by Gasteiger charge is -2.37. The quantitative estimate of drug-likeness (QED) is 0.623. The predicted octanol–water partition coefficient (Wildman–Crippen LogP) is -0.420. The van der Waals surface area contributed by atoms with Crippen molar-refractivity contribution in [1.29, 1.82) is 0 Å². The van der Waals surface area contributed by atoms with Crippen LogP contribution in [0.3, 0.4) is 0 Å². The molecule has 0 bridgehead atoms. The van der Waals surface area contributed by atoms with Crippen molar-refractivity contribution in [3.8, 4) is 0 Å². The summed E-state index contributed by atoms with van der Waals surface area (Å²) in [5.74, 6) is -0.856. The van der Waals surface area contributed by atoms with Gasteiger partial charge in [-0.15, -0.1) is 0 Å². The third-order valence-corrected chi connectivity index (χ3v) is 3.24. The number of piperidine rings is 1. The van der Waals surface area contributed by atoms with Gasteiger partial charge >= 0.3 is 5.97 Å². The summed E-state index contributed by atoms with van der Waals surface area (Å²) in [4.78, 5) is 24.1. The monoisotopic (exact) mass is 293 g/mol. The molecule has 0 spiro atoms. The summed E-state index contributed by atoms with van der Waals surface area (Å²) in [6.07, 6.45) is -1.63. The Kier molecular flexibility index (Phi) is 6.80. The second-order valence-corrected chi connectivity index (χ2v) is 5.04. The fourth-order valence-electron chi connectivity index (χ4n) is 2.52. The highest BCUT2D eigenvalue weighted by molar-refractivity contribution is 5.76. The first-order chi connectivity index (χ1) is 9.40. The van der Waals surface area contributed by atoms with Crippen molar-refractivity contribution in [2.24, 2.45) is 11.7 Å². The largest absolute Gasteiger partial charge is 0.469 e. The van der Waals surface area contributed by atoms with Gasteiger partial charge in [0.25, 0.3) is 6.43 Å². The summed E-state index contributed by atoms with van der Waals surface area (Å²) in [6.45, 7) is 0.656. The molecule has 0 saturated carbocycles. The highest BCUT2D eigenvalue weighted by Crippen LogP contribution is 2.20. The number of ether oxygens (including phenoxy) is 1. The number of hydrogen-bond acceptors (Lipinski definition) is 5. The lowest BCUT2D eigenvalue weighted by Crippen LogP contribution is -2.52. The summed E-state index contributed by atoms with van der Waals surface area (Å²) in [5.41, 5.74) is 5.15. The third kappa shape index (κ3) is 6.25. The van der Waals surface area contributed by atoms with Gasteiger partial charge in [0, 0.05) is 25.6 Å². The minimum atomic E-state index is -2.43. The van der Waals surface area contributed by atoms with Crippen molar-refractivity contribution >= 4 is 11.9 Å². The lowest BCUT2D eigenvalue weighted by molar-refractivity contribution is -0.142. The fraction of sp³-hybridized carbons (Fsp3) is 0.833. The molecule has 3 N–H and O–H groups in total. The van der Waals surface area contributed by atoms with Gasteiger partial charge in [-0.05, 0) is 12.3 Å². The van der Waals surface area contributed by atoms with Crippen LogP contribution in [0.4, 0.5) is 8.78 Å². The average Bonchev–Trinajstić information content (AvgIpc) is 2.35. The highest BCUT2D eigenvalue weighted by atomic mass is 19.3. The Labute approximate surface area is 116 Å². The molecule has 1 aliphatic rings.